The summed E-state index contributed by atoms with van der Waals surface area (Å²) in [6, 6.07) is 13.1. The summed E-state index contributed by atoms with van der Waals surface area (Å²) in [5, 5.41) is 12.7. The second-order valence-electron chi connectivity index (χ2n) is 6.50. The van der Waals surface area contributed by atoms with Gasteiger partial charge in [0, 0.05) is 23.9 Å². The minimum absolute atomic E-state index is 0.233. The van der Waals surface area contributed by atoms with Crippen molar-refractivity contribution in [1.29, 1.82) is 0 Å². The van der Waals surface area contributed by atoms with Gasteiger partial charge in [-0.1, -0.05) is 47.6 Å². The number of halogens is 1. The van der Waals surface area contributed by atoms with Crippen LogP contribution in [-0.2, 0) is 24.1 Å². The highest BCUT2D eigenvalue weighted by molar-refractivity contribution is 7.98. The maximum Gasteiger partial charge on any atom is 0.244 e. The highest BCUT2D eigenvalue weighted by Gasteiger charge is 2.11. The molecule has 3 rings (SSSR count). The van der Waals surface area contributed by atoms with Crippen LogP contribution in [0.25, 0.3) is 6.08 Å². The van der Waals surface area contributed by atoms with Gasteiger partial charge in [0.1, 0.15) is 0 Å². The highest BCUT2D eigenvalue weighted by Crippen LogP contribution is 2.28. The lowest BCUT2D eigenvalue weighted by atomic mass is 10.2. The van der Waals surface area contributed by atoms with Crippen LogP contribution in [0, 0.1) is 0 Å². The largest absolute Gasteiger partial charge is 0.493 e. The number of benzene rings is 2. The van der Waals surface area contributed by atoms with E-state index in [0.717, 1.165) is 21.3 Å². The molecule has 1 heterocycles. The third-order valence-corrected chi connectivity index (χ3v) is 5.93. The smallest absolute Gasteiger partial charge is 0.244 e. The molecule has 0 atom stereocenters. The summed E-state index contributed by atoms with van der Waals surface area (Å²) in [5.41, 5.74) is 1.86. The Morgan fingerprint density at radius 3 is 2.68 bits per heavy atom. The number of ether oxygens (including phenoxy) is 2. The van der Waals surface area contributed by atoms with Crippen molar-refractivity contribution < 1.29 is 14.3 Å². The van der Waals surface area contributed by atoms with Crippen LogP contribution in [0.1, 0.15) is 17.0 Å². The van der Waals surface area contributed by atoms with E-state index >= 15 is 0 Å². The van der Waals surface area contributed by atoms with E-state index in [9.17, 15) is 4.79 Å². The van der Waals surface area contributed by atoms with E-state index in [0.29, 0.717) is 23.1 Å². The Labute approximate surface area is 190 Å². The molecule has 162 valence electrons. The average molecular weight is 459 g/mol. The highest BCUT2D eigenvalue weighted by atomic mass is 35.5. The van der Waals surface area contributed by atoms with Gasteiger partial charge in [-0.2, -0.15) is 0 Å². The Morgan fingerprint density at radius 1 is 1.16 bits per heavy atom. The number of carbonyl (C=O) groups excluding carboxylic acids is 1. The lowest BCUT2D eigenvalue weighted by Gasteiger charge is -2.07. The predicted molar refractivity (Wildman–Crippen MR) is 122 cm³/mol. The van der Waals surface area contributed by atoms with Crippen LogP contribution >= 0.6 is 23.4 Å². The van der Waals surface area contributed by atoms with Crippen LogP contribution in [0.5, 0.6) is 11.5 Å². The minimum Gasteiger partial charge on any atom is -0.493 e. The van der Waals surface area contributed by atoms with E-state index in [-0.39, 0.29) is 12.5 Å². The lowest BCUT2D eigenvalue weighted by Crippen LogP contribution is -2.22. The summed E-state index contributed by atoms with van der Waals surface area (Å²) in [7, 11) is 5.02. The van der Waals surface area contributed by atoms with Crippen molar-refractivity contribution in [3.05, 3.63) is 70.5 Å². The Morgan fingerprint density at radius 2 is 1.94 bits per heavy atom. The number of aromatic nitrogens is 3. The second-order valence-corrected chi connectivity index (χ2v) is 7.85. The fourth-order valence-electron chi connectivity index (χ4n) is 2.74. The molecule has 0 fully saturated rings. The molecule has 0 saturated heterocycles. The number of amides is 1. The van der Waals surface area contributed by atoms with Gasteiger partial charge < -0.3 is 19.4 Å². The average Bonchev–Trinajstić information content (AvgIpc) is 3.14. The fraction of sp³-hybridized carbons (Fsp3) is 0.227. The van der Waals surface area contributed by atoms with Crippen LogP contribution in [-0.4, -0.2) is 34.9 Å². The fourth-order valence-corrected chi connectivity index (χ4v) is 3.95. The molecule has 0 bridgehead atoms. The Balaban J connectivity index is 1.55. The summed E-state index contributed by atoms with van der Waals surface area (Å²) in [6.45, 7) is 0.269. The second kappa shape index (κ2) is 10.9. The maximum atomic E-state index is 12.2. The first-order valence-corrected chi connectivity index (χ1v) is 10.8. The van der Waals surface area contributed by atoms with Crippen LogP contribution in [0.3, 0.4) is 0 Å². The monoisotopic (exact) mass is 458 g/mol. The number of rotatable bonds is 9. The molecule has 0 aliphatic heterocycles. The van der Waals surface area contributed by atoms with Gasteiger partial charge in [-0.3, -0.25) is 4.79 Å². The number of hydrogen-bond donors (Lipinski definition) is 1. The molecule has 9 heteroatoms. The Bertz CT molecular complexity index is 1080. The van der Waals surface area contributed by atoms with Gasteiger partial charge in [0.2, 0.25) is 5.91 Å². The number of methoxy groups -OCH3 is 2. The first kappa shape index (κ1) is 22.7. The van der Waals surface area contributed by atoms with Crippen LogP contribution in [0.4, 0.5) is 0 Å². The molecular formula is C22H23ClN4O3S. The van der Waals surface area contributed by atoms with E-state index in [1.165, 1.54) is 17.8 Å². The molecule has 1 amide bonds. The maximum absolute atomic E-state index is 12.2. The van der Waals surface area contributed by atoms with Gasteiger partial charge in [-0.25, -0.2) is 0 Å². The minimum atomic E-state index is -0.233. The number of hydrogen-bond acceptors (Lipinski definition) is 6. The molecule has 1 aromatic heterocycles. The van der Waals surface area contributed by atoms with Crippen LogP contribution in [0.2, 0.25) is 5.02 Å². The molecule has 0 aliphatic rings. The normalized spacial score (nSPS) is 11.0. The van der Waals surface area contributed by atoms with Crippen molar-refractivity contribution in [3.63, 3.8) is 0 Å². The number of nitrogens with one attached hydrogen (secondary N) is 1. The van der Waals surface area contributed by atoms with Gasteiger partial charge in [0.15, 0.2) is 22.5 Å². The Hall–Kier alpha value is -2.97. The van der Waals surface area contributed by atoms with Gasteiger partial charge in [0.05, 0.1) is 20.8 Å². The SMILES string of the molecule is COc1ccc(C=CC(=O)NCc2nnc(SCc3ccccc3Cl)n2C)cc1OC. The third-order valence-electron chi connectivity index (χ3n) is 4.50. The van der Waals surface area contributed by atoms with Crippen molar-refractivity contribution in [3.8, 4) is 11.5 Å². The van der Waals surface area contributed by atoms with Crippen molar-refractivity contribution >= 4 is 35.3 Å². The van der Waals surface area contributed by atoms with E-state index < -0.39 is 0 Å². The topological polar surface area (TPSA) is 78.3 Å². The lowest BCUT2D eigenvalue weighted by molar-refractivity contribution is -0.116. The number of thioether (sulfide) groups is 1. The Kier molecular flexibility index (Phi) is 7.97. The molecule has 31 heavy (non-hydrogen) atoms. The summed E-state index contributed by atoms with van der Waals surface area (Å²) in [6.07, 6.45) is 3.17. The number of carbonyl (C=O) groups is 1. The first-order chi connectivity index (χ1) is 15.0. The predicted octanol–water partition coefficient (Wildman–Crippen LogP) is 4.11. The molecule has 0 spiro atoms. The van der Waals surface area contributed by atoms with E-state index in [2.05, 4.69) is 15.5 Å². The standard InChI is InChI=1S/C22H23ClN4O3S/c1-27-20(25-26-22(27)31-14-16-6-4-5-7-17(16)23)13-24-21(28)11-9-15-8-10-18(29-2)19(12-15)30-3/h4-12H,13-14H2,1-3H3,(H,24,28). The molecule has 0 radical (unpaired) electrons. The number of nitrogens with zero attached hydrogens (tertiary/aromatic N) is 3. The van der Waals surface area contributed by atoms with Gasteiger partial charge in [-0.05, 0) is 35.4 Å². The van der Waals surface area contributed by atoms with E-state index in [1.54, 1.807) is 32.4 Å². The first-order valence-electron chi connectivity index (χ1n) is 9.44. The van der Waals surface area contributed by atoms with Crippen molar-refractivity contribution in [2.45, 2.75) is 17.5 Å². The molecule has 7 nitrogen and oxygen atoms in total. The zero-order chi connectivity index (χ0) is 22.2. The molecule has 0 unspecified atom stereocenters. The molecule has 0 saturated carbocycles. The summed E-state index contributed by atoms with van der Waals surface area (Å²) in [4.78, 5) is 12.2. The molecular weight excluding hydrogens is 436 g/mol. The van der Waals surface area contributed by atoms with Crippen LogP contribution in [0.15, 0.2) is 53.7 Å². The zero-order valence-electron chi connectivity index (χ0n) is 17.5. The zero-order valence-corrected chi connectivity index (χ0v) is 19.0. The summed E-state index contributed by atoms with van der Waals surface area (Å²) < 4.78 is 12.3. The van der Waals surface area contributed by atoms with Crippen LogP contribution < -0.4 is 14.8 Å². The molecule has 1 N–H and O–H groups in total. The van der Waals surface area contributed by atoms with Gasteiger partial charge in [0.25, 0.3) is 0 Å². The van der Waals surface area contributed by atoms with Crippen molar-refractivity contribution in [2.75, 3.05) is 14.2 Å². The molecule has 3 aromatic rings. The quantitative estimate of drug-likeness (QED) is 0.384. The van der Waals surface area contributed by atoms with Gasteiger partial charge in [-0.15, -0.1) is 10.2 Å². The summed E-state index contributed by atoms with van der Waals surface area (Å²) in [5.74, 6) is 2.35. The molecule has 2 aromatic carbocycles. The molecule has 0 aliphatic carbocycles. The summed E-state index contributed by atoms with van der Waals surface area (Å²) >= 11 is 7.74. The van der Waals surface area contributed by atoms with E-state index in [1.807, 2.05) is 41.9 Å². The van der Waals surface area contributed by atoms with Crippen molar-refractivity contribution in [1.82, 2.24) is 20.1 Å². The third kappa shape index (κ3) is 6.02. The van der Waals surface area contributed by atoms with E-state index in [4.69, 9.17) is 21.1 Å². The van der Waals surface area contributed by atoms with Crippen molar-refractivity contribution in [2.24, 2.45) is 7.05 Å². The van der Waals surface area contributed by atoms with Gasteiger partial charge >= 0.3 is 0 Å².